The van der Waals surface area contributed by atoms with E-state index in [9.17, 15) is 23.1 Å². The fourth-order valence-corrected chi connectivity index (χ4v) is 1.70. The molecule has 2 unspecified atom stereocenters. The van der Waals surface area contributed by atoms with Crippen LogP contribution in [0.3, 0.4) is 0 Å². The Morgan fingerprint density at radius 3 is 2.47 bits per heavy atom. The van der Waals surface area contributed by atoms with Crippen LogP contribution in [0.5, 0.6) is 0 Å². The Morgan fingerprint density at radius 2 is 2.06 bits per heavy atom. The number of methoxy groups -OCH3 is 1. The molecule has 1 aliphatic rings. The first-order chi connectivity index (χ1) is 7.33. The van der Waals surface area contributed by atoms with Gasteiger partial charge in [0.2, 0.25) is 0 Å². The van der Waals surface area contributed by atoms with Gasteiger partial charge in [0.15, 0.2) is 5.60 Å². The first kappa shape index (κ1) is 17.3. The number of aliphatic carboxylic acids is 1. The van der Waals surface area contributed by atoms with Gasteiger partial charge in [-0.1, -0.05) is 18.2 Å². The van der Waals surface area contributed by atoms with Crippen molar-refractivity contribution >= 4 is 5.97 Å². The van der Waals surface area contributed by atoms with Crippen LogP contribution in [-0.2, 0) is 9.53 Å². The van der Waals surface area contributed by atoms with Crippen molar-refractivity contribution in [3.63, 3.8) is 0 Å². The van der Waals surface area contributed by atoms with E-state index in [1.54, 1.807) is 0 Å². The van der Waals surface area contributed by atoms with Gasteiger partial charge in [-0.2, -0.15) is 13.2 Å². The molecule has 90 valence electrons. The molecule has 0 aromatic rings. The summed E-state index contributed by atoms with van der Waals surface area (Å²) in [5.74, 6) is -2.86. The van der Waals surface area contributed by atoms with Crippen LogP contribution in [0.4, 0.5) is 13.2 Å². The monoisotopic (exact) mass is 274 g/mol. The van der Waals surface area contributed by atoms with Crippen molar-refractivity contribution in [2.75, 3.05) is 7.11 Å². The Morgan fingerprint density at radius 1 is 1.47 bits per heavy atom. The van der Waals surface area contributed by atoms with Crippen molar-refractivity contribution in [2.45, 2.75) is 18.2 Å². The number of ether oxygens (including phenoxy) is 1. The van der Waals surface area contributed by atoms with Gasteiger partial charge >= 0.3 is 57.6 Å². The molecule has 0 amide bonds. The number of hydrogen-bond acceptors (Lipinski definition) is 3. The van der Waals surface area contributed by atoms with Crippen molar-refractivity contribution in [1.29, 1.82) is 0 Å². The van der Waals surface area contributed by atoms with Gasteiger partial charge in [-0.3, -0.25) is 0 Å². The van der Waals surface area contributed by atoms with Gasteiger partial charge in [-0.05, 0) is 12.5 Å². The summed E-state index contributed by atoms with van der Waals surface area (Å²) in [6.45, 7) is 0. The number of carboxylic acids is 1. The number of alkyl halides is 3. The SMILES string of the molecule is COC1(C(F)(F)F)C=CC=CC1CC(=O)[O-].[K+]. The number of carbonyl (C=O) groups excluding carboxylic acids is 1. The molecule has 0 fully saturated rings. The zero-order valence-electron chi connectivity index (χ0n) is 9.45. The minimum atomic E-state index is -4.68. The van der Waals surface area contributed by atoms with Crippen molar-refractivity contribution in [3.8, 4) is 0 Å². The molecule has 0 saturated carbocycles. The molecule has 0 aromatic heterocycles. The standard InChI is InChI=1S/C10H11F3O3.K/c1-16-9(10(11,12)13)5-3-2-4-7(9)6-8(14)15;/h2-5,7H,6H2,1H3,(H,14,15);/q;+1/p-1. The third kappa shape index (κ3) is 3.65. The number of allylic oxidation sites excluding steroid dienone is 2. The van der Waals surface area contributed by atoms with Crippen LogP contribution >= 0.6 is 0 Å². The summed E-state index contributed by atoms with van der Waals surface area (Å²) in [6.07, 6.45) is -0.899. The topological polar surface area (TPSA) is 49.4 Å². The largest absolute Gasteiger partial charge is 1.00 e. The van der Waals surface area contributed by atoms with E-state index in [1.165, 1.54) is 12.2 Å². The number of hydrogen-bond donors (Lipinski definition) is 0. The fourth-order valence-electron chi connectivity index (χ4n) is 1.70. The van der Waals surface area contributed by atoms with Crippen molar-refractivity contribution in [2.24, 2.45) is 5.92 Å². The van der Waals surface area contributed by atoms with Crippen molar-refractivity contribution < 1.29 is 79.2 Å². The molecule has 0 bridgehead atoms. The van der Waals surface area contributed by atoms with Gasteiger partial charge in [0.05, 0.1) is 0 Å². The van der Waals surface area contributed by atoms with E-state index in [2.05, 4.69) is 4.74 Å². The van der Waals surface area contributed by atoms with Gasteiger partial charge < -0.3 is 14.6 Å². The van der Waals surface area contributed by atoms with E-state index < -0.39 is 30.1 Å². The van der Waals surface area contributed by atoms with Gasteiger partial charge in [-0.15, -0.1) is 0 Å². The molecule has 3 nitrogen and oxygen atoms in total. The molecular weight excluding hydrogens is 264 g/mol. The minimum absolute atomic E-state index is 0. The molecule has 0 radical (unpaired) electrons. The number of halogens is 3. The maximum atomic E-state index is 12.9. The Hall–Kier alpha value is 0.336. The van der Waals surface area contributed by atoms with Gasteiger partial charge in [0, 0.05) is 19.0 Å². The second-order valence-electron chi connectivity index (χ2n) is 3.42. The number of carbonyl (C=O) groups is 1. The first-order valence-electron chi connectivity index (χ1n) is 4.51. The Labute approximate surface area is 139 Å². The third-order valence-corrected chi connectivity index (χ3v) is 2.52. The van der Waals surface area contributed by atoms with Crippen molar-refractivity contribution in [1.82, 2.24) is 0 Å². The number of rotatable bonds is 3. The minimum Gasteiger partial charge on any atom is -0.550 e. The summed E-state index contributed by atoms with van der Waals surface area (Å²) >= 11 is 0. The second-order valence-corrected chi connectivity index (χ2v) is 3.42. The quantitative estimate of drug-likeness (QED) is 0.550. The molecule has 0 heterocycles. The summed E-state index contributed by atoms with van der Waals surface area (Å²) in [5.41, 5.74) is -2.58. The third-order valence-electron chi connectivity index (χ3n) is 2.52. The predicted octanol–water partition coefficient (Wildman–Crippen LogP) is -2.18. The molecule has 2 atom stereocenters. The average Bonchev–Trinajstić information content (AvgIpc) is 2.16. The van der Waals surface area contributed by atoms with Crippen LogP contribution in [-0.4, -0.2) is 24.9 Å². The molecule has 0 N–H and O–H groups in total. The zero-order valence-corrected chi connectivity index (χ0v) is 12.6. The summed E-state index contributed by atoms with van der Waals surface area (Å²) < 4.78 is 43.1. The molecule has 0 aromatic carbocycles. The van der Waals surface area contributed by atoms with Crippen LogP contribution in [0.1, 0.15) is 6.42 Å². The number of carboxylic acid groups (broad SMARTS) is 1. The maximum Gasteiger partial charge on any atom is 1.00 e. The molecule has 1 rings (SSSR count). The summed E-state index contributed by atoms with van der Waals surface area (Å²) in [6, 6.07) is 0. The molecule has 0 saturated heterocycles. The van der Waals surface area contributed by atoms with Gasteiger partial charge in [-0.25, -0.2) is 0 Å². The van der Waals surface area contributed by atoms with E-state index in [1.807, 2.05) is 0 Å². The smallest absolute Gasteiger partial charge is 0.550 e. The summed E-state index contributed by atoms with van der Waals surface area (Å²) in [5, 5.41) is 10.4. The molecule has 7 heteroatoms. The fraction of sp³-hybridized carbons (Fsp3) is 0.500. The van der Waals surface area contributed by atoms with Crippen LogP contribution in [0, 0.1) is 5.92 Å². The first-order valence-corrected chi connectivity index (χ1v) is 4.51. The van der Waals surface area contributed by atoms with Crippen LogP contribution in [0.15, 0.2) is 24.3 Å². The maximum absolute atomic E-state index is 12.9. The average molecular weight is 274 g/mol. The van der Waals surface area contributed by atoms with Gasteiger partial charge in [0.1, 0.15) is 0 Å². The zero-order chi connectivity index (χ0) is 12.4. The predicted molar refractivity (Wildman–Crippen MR) is 47.2 cm³/mol. The summed E-state index contributed by atoms with van der Waals surface area (Å²) in [4.78, 5) is 10.4. The Bertz CT molecular complexity index is 338. The summed E-state index contributed by atoms with van der Waals surface area (Å²) in [7, 11) is 0.902. The van der Waals surface area contributed by atoms with Crippen LogP contribution in [0.2, 0.25) is 0 Å². The molecule has 17 heavy (non-hydrogen) atoms. The Balaban J connectivity index is 0.00000256. The van der Waals surface area contributed by atoms with E-state index in [0.717, 1.165) is 19.3 Å². The van der Waals surface area contributed by atoms with Crippen LogP contribution in [0.25, 0.3) is 0 Å². The molecule has 0 aliphatic heterocycles. The second kappa shape index (κ2) is 6.49. The molecule has 1 aliphatic carbocycles. The van der Waals surface area contributed by atoms with E-state index in [0.29, 0.717) is 0 Å². The van der Waals surface area contributed by atoms with E-state index in [4.69, 9.17) is 0 Å². The van der Waals surface area contributed by atoms with E-state index >= 15 is 0 Å². The van der Waals surface area contributed by atoms with Gasteiger partial charge in [0.25, 0.3) is 0 Å². The molecule has 0 spiro atoms. The van der Waals surface area contributed by atoms with Crippen LogP contribution < -0.4 is 56.5 Å². The van der Waals surface area contributed by atoms with E-state index in [-0.39, 0.29) is 51.4 Å². The Kier molecular flexibility index (Phi) is 6.62. The normalized spacial score (nSPS) is 27.6. The molecular formula is C10H10F3KO3. The van der Waals surface area contributed by atoms with Crippen molar-refractivity contribution in [3.05, 3.63) is 24.3 Å².